The van der Waals surface area contributed by atoms with Gasteiger partial charge in [0, 0.05) is 42.4 Å². The second-order valence-electron chi connectivity index (χ2n) is 8.39. The lowest BCUT2D eigenvalue weighted by atomic mass is 10.0. The fraction of sp³-hybridized carbons (Fsp3) is 0.450. The number of carbonyl (C=O) groups is 2. The summed E-state index contributed by atoms with van der Waals surface area (Å²) in [6.07, 6.45) is 0.658. The lowest BCUT2D eigenvalue weighted by molar-refractivity contribution is -0.384. The molecule has 11 heteroatoms. The minimum absolute atomic E-state index is 0.0369. The van der Waals surface area contributed by atoms with Gasteiger partial charge in [-0.25, -0.2) is 4.79 Å². The van der Waals surface area contributed by atoms with Crippen LogP contribution in [0.5, 0.6) is 0 Å². The third-order valence-electron chi connectivity index (χ3n) is 6.08. The van der Waals surface area contributed by atoms with Gasteiger partial charge in [0.1, 0.15) is 0 Å². The molecule has 0 spiro atoms. The quantitative estimate of drug-likeness (QED) is 0.501. The average Bonchev–Trinajstić information content (AvgIpc) is 3.26. The number of benzene rings is 1. The van der Waals surface area contributed by atoms with Crippen molar-refractivity contribution in [2.24, 2.45) is 0 Å². The number of carbonyl (C=O) groups excluding carboxylic acids is 1. The van der Waals surface area contributed by atoms with E-state index in [9.17, 15) is 24.8 Å². The van der Waals surface area contributed by atoms with Gasteiger partial charge in [0.05, 0.1) is 22.7 Å². The van der Waals surface area contributed by atoms with Gasteiger partial charge in [0.15, 0.2) is 5.82 Å². The molecule has 2 amide bonds. The van der Waals surface area contributed by atoms with Gasteiger partial charge in [-0.1, -0.05) is 0 Å². The fourth-order valence-electron chi connectivity index (χ4n) is 4.32. The highest BCUT2D eigenvalue weighted by atomic mass is 16.6. The molecule has 1 aromatic heterocycles. The van der Waals surface area contributed by atoms with Gasteiger partial charge in [-0.2, -0.15) is 5.10 Å². The van der Waals surface area contributed by atoms with Crippen molar-refractivity contribution in [3.8, 4) is 0 Å². The summed E-state index contributed by atoms with van der Waals surface area (Å²) in [6.45, 7) is 4.98. The predicted octanol–water partition coefficient (Wildman–Crippen LogP) is 2.76. The van der Waals surface area contributed by atoms with Crippen molar-refractivity contribution >= 4 is 23.5 Å². The predicted molar refractivity (Wildman–Crippen MR) is 111 cm³/mol. The van der Waals surface area contributed by atoms with Crippen LogP contribution in [-0.2, 0) is 12.1 Å². The Balaban J connectivity index is 1.45. The molecule has 3 heterocycles. The van der Waals surface area contributed by atoms with E-state index in [0.717, 1.165) is 24.1 Å². The number of amides is 2. The first-order valence-electron chi connectivity index (χ1n) is 10.1. The number of anilines is 1. The van der Waals surface area contributed by atoms with Crippen LogP contribution >= 0.6 is 0 Å². The summed E-state index contributed by atoms with van der Waals surface area (Å²) in [7, 11) is 0. The summed E-state index contributed by atoms with van der Waals surface area (Å²) in [5.41, 5.74) is 1.25. The molecule has 0 radical (unpaired) electrons. The van der Waals surface area contributed by atoms with Gasteiger partial charge in [0.25, 0.3) is 11.6 Å². The molecule has 164 valence electrons. The number of non-ortho nitro benzene ring substituents is 1. The Kier molecular flexibility index (Phi) is 5.03. The van der Waals surface area contributed by atoms with E-state index in [1.807, 2.05) is 13.8 Å². The Morgan fingerprint density at radius 3 is 2.68 bits per heavy atom. The molecule has 2 aliphatic heterocycles. The topological polar surface area (TPSA) is 145 Å². The molecule has 3 N–H and O–H groups in total. The maximum atomic E-state index is 12.9. The maximum Gasteiger partial charge on any atom is 0.408 e. The van der Waals surface area contributed by atoms with Crippen LogP contribution in [0.15, 0.2) is 24.3 Å². The molecule has 1 atom stereocenters. The number of rotatable bonds is 4. The summed E-state index contributed by atoms with van der Waals surface area (Å²) >= 11 is 0. The smallest absolute Gasteiger partial charge is 0.408 e. The summed E-state index contributed by atoms with van der Waals surface area (Å²) in [5, 5.41) is 31.0. The molecule has 31 heavy (non-hydrogen) atoms. The second-order valence-corrected chi connectivity index (χ2v) is 8.39. The first-order chi connectivity index (χ1) is 14.7. The van der Waals surface area contributed by atoms with Crippen LogP contribution in [0.3, 0.4) is 0 Å². The zero-order valence-electron chi connectivity index (χ0n) is 17.3. The minimum Gasteiger partial charge on any atom is -0.465 e. The first kappa shape index (κ1) is 20.6. The van der Waals surface area contributed by atoms with Crippen molar-refractivity contribution in [3.63, 3.8) is 0 Å². The number of likely N-dealkylation sites (tertiary alicyclic amines) is 1. The number of carboxylic acid groups (broad SMARTS) is 1. The molecule has 1 fully saturated rings. The lowest BCUT2D eigenvalue weighted by Crippen LogP contribution is -2.45. The van der Waals surface area contributed by atoms with Crippen LogP contribution in [0.4, 0.5) is 16.3 Å². The fourth-order valence-corrected chi connectivity index (χ4v) is 4.32. The zero-order chi connectivity index (χ0) is 22.3. The molecular formula is C20H24N6O5. The molecule has 1 saturated heterocycles. The first-order valence-corrected chi connectivity index (χ1v) is 10.1. The Labute approximate surface area is 178 Å². The van der Waals surface area contributed by atoms with Crippen LogP contribution in [0.1, 0.15) is 48.3 Å². The van der Waals surface area contributed by atoms with Crippen LogP contribution < -0.4 is 5.32 Å². The number of aromatic amines is 1. The lowest BCUT2D eigenvalue weighted by Gasteiger charge is -2.33. The number of nitrogens with zero attached hydrogens (tertiary/aromatic N) is 4. The number of H-pyrrole nitrogens is 1. The van der Waals surface area contributed by atoms with Crippen LogP contribution in [0.2, 0.25) is 0 Å². The molecule has 2 aromatic rings. The van der Waals surface area contributed by atoms with Crippen molar-refractivity contribution in [2.45, 2.75) is 44.8 Å². The standard InChI is InChI=1S/C20H24N6O5/c1-20(2)16-15(11-25(20)19(28)29)17(23-22-16)21-13-4-3-9-24(10-13)18(27)12-5-7-14(8-6-12)26(30)31/h5-8,13H,3-4,9-11H2,1-2H3,(H,28,29)(H2,21,22,23). The van der Waals surface area contributed by atoms with Gasteiger partial charge in [-0.05, 0) is 38.8 Å². The molecule has 1 unspecified atom stereocenters. The molecule has 11 nitrogen and oxygen atoms in total. The molecule has 1 aromatic carbocycles. The molecule has 0 bridgehead atoms. The Morgan fingerprint density at radius 1 is 1.32 bits per heavy atom. The van der Waals surface area contributed by atoms with Crippen molar-refractivity contribution in [1.82, 2.24) is 20.0 Å². The molecular weight excluding hydrogens is 404 g/mol. The summed E-state index contributed by atoms with van der Waals surface area (Å²) in [6, 6.07) is 5.57. The van der Waals surface area contributed by atoms with E-state index in [4.69, 9.17) is 0 Å². The number of nitrogens with one attached hydrogen (secondary N) is 2. The maximum absolute atomic E-state index is 12.9. The van der Waals surface area contributed by atoms with Gasteiger partial charge in [-0.3, -0.25) is 24.9 Å². The van der Waals surface area contributed by atoms with E-state index >= 15 is 0 Å². The van der Waals surface area contributed by atoms with Crippen LogP contribution in [0.25, 0.3) is 0 Å². The van der Waals surface area contributed by atoms with E-state index < -0.39 is 16.6 Å². The Morgan fingerprint density at radius 2 is 2.03 bits per heavy atom. The number of aromatic nitrogens is 2. The van der Waals surface area contributed by atoms with Gasteiger partial charge < -0.3 is 15.3 Å². The Hall–Kier alpha value is -3.63. The summed E-state index contributed by atoms with van der Waals surface area (Å²) < 4.78 is 0. The van der Waals surface area contributed by atoms with E-state index in [2.05, 4.69) is 15.5 Å². The minimum atomic E-state index is -0.988. The van der Waals surface area contributed by atoms with Crippen molar-refractivity contribution in [1.29, 1.82) is 0 Å². The van der Waals surface area contributed by atoms with E-state index in [0.29, 0.717) is 24.5 Å². The number of hydrogen-bond acceptors (Lipinski definition) is 6. The van der Waals surface area contributed by atoms with Crippen molar-refractivity contribution in [2.75, 3.05) is 18.4 Å². The van der Waals surface area contributed by atoms with Crippen LogP contribution in [-0.4, -0.2) is 61.2 Å². The number of hydrogen-bond donors (Lipinski definition) is 3. The number of fused-ring (bicyclic) bond motifs is 1. The molecule has 0 aliphatic carbocycles. The van der Waals surface area contributed by atoms with E-state index in [1.165, 1.54) is 29.2 Å². The summed E-state index contributed by atoms with van der Waals surface area (Å²) in [5.74, 6) is 0.438. The largest absolute Gasteiger partial charge is 0.465 e. The van der Waals surface area contributed by atoms with Crippen molar-refractivity contribution in [3.05, 3.63) is 51.2 Å². The summed E-state index contributed by atoms with van der Waals surface area (Å²) in [4.78, 5) is 37.9. The number of nitro groups is 1. The second kappa shape index (κ2) is 7.56. The van der Waals surface area contributed by atoms with Crippen LogP contribution in [0, 0.1) is 10.1 Å². The van der Waals surface area contributed by atoms with E-state index in [1.54, 1.807) is 4.90 Å². The zero-order valence-corrected chi connectivity index (χ0v) is 17.3. The number of piperidine rings is 1. The molecule has 0 saturated carbocycles. The highest BCUT2D eigenvalue weighted by molar-refractivity contribution is 5.94. The van der Waals surface area contributed by atoms with Gasteiger partial charge in [0.2, 0.25) is 0 Å². The highest BCUT2D eigenvalue weighted by Crippen LogP contribution is 2.40. The van der Waals surface area contributed by atoms with E-state index in [-0.39, 0.29) is 24.2 Å². The SMILES string of the molecule is CC1(C)c2[nH]nc(NC3CCCN(C(=O)c4ccc([N+](=O)[O-])cc4)C3)c2CN1C(=O)O. The molecule has 4 rings (SSSR count). The average molecular weight is 428 g/mol. The third-order valence-corrected chi connectivity index (χ3v) is 6.08. The third kappa shape index (κ3) is 3.66. The van der Waals surface area contributed by atoms with Gasteiger partial charge in [-0.15, -0.1) is 0 Å². The van der Waals surface area contributed by atoms with Crippen molar-refractivity contribution < 1.29 is 19.6 Å². The Bertz CT molecular complexity index is 1030. The molecule has 2 aliphatic rings. The highest BCUT2D eigenvalue weighted by Gasteiger charge is 2.44. The van der Waals surface area contributed by atoms with Gasteiger partial charge >= 0.3 is 6.09 Å². The number of nitro benzene ring substituents is 1. The monoisotopic (exact) mass is 428 g/mol. The normalized spacial score (nSPS) is 19.7.